The second kappa shape index (κ2) is 6.82. The van der Waals surface area contributed by atoms with Gasteiger partial charge in [0.1, 0.15) is 0 Å². The van der Waals surface area contributed by atoms with Crippen molar-refractivity contribution in [3.63, 3.8) is 0 Å². The molecule has 0 fully saturated rings. The third-order valence-electron chi connectivity index (χ3n) is 3.10. The van der Waals surface area contributed by atoms with Crippen LogP contribution in [0.1, 0.15) is 22.4 Å². The summed E-state index contributed by atoms with van der Waals surface area (Å²) in [6.45, 7) is 2.32. The molecular weight excluding hydrogens is 252 g/mol. The Kier molecular flexibility index (Phi) is 4.85. The van der Waals surface area contributed by atoms with Crippen LogP contribution in [0.15, 0.2) is 42.6 Å². The summed E-state index contributed by atoms with van der Waals surface area (Å²) in [5, 5.41) is 12.1. The van der Waals surface area contributed by atoms with Crippen LogP contribution in [0.2, 0.25) is 0 Å². The Morgan fingerprint density at radius 3 is 2.60 bits per heavy atom. The van der Waals surface area contributed by atoms with Crippen LogP contribution < -0.4 is 5.32 Å². The van der Waals surface area contributed by atoms with Gasteiger partial charge in [-0.25, -0.2) is 0 Å². The van der Waals surface area contributed by atoms with E-state index in [0.717, 1.165) is 22.4 Å². The van der Waals surface area contributed by atoms with Gasteiger partial charge < -0.3 is 10.4 Å². The second-order valence-corrected chi connectivity index (χ2v) is 4.69. The van der Waals surface area contributed by atoms with Crippen molar-refractivity contribution in [1.82, 2.24) is 10.3 Å². The molecule has 0 saturated heterocycles. The van der Waals surface area contributed by atoms with Crippen LogP contribution in [0.5, 0.6) is 0 Å². The highest BCUT2D eigenvalue weighted by Crippen LogP contribution is 2.08. The number of aliphatic hydroxyl groups is 1. The molecule has 20 heavy (non-hydrogen) atoms. The number of amides is 1. The van der Waals surface area contributed by atoms with Crippen LogP contribution in [0.4, 0.5) is 0 Å². The molecule has 104 valence electrons. The quantitative estimate of drug-likeness (QED) is 0.870. The molecule has 2 rings (SSSR count). The van der Waals surface area contributed by atoms with Crippen molar-refractivity contribution in [2.75, 3.05) is 0 Å². The average Bonchev–Trinajstić information content (AvgIpc) is 2.48. The molecule has 0 aliphatic heterocycles. The van der Waals surface area contributed by atoms with E-state index in [1.54, 1.807) is 6.20 Å². The molecule has 0 radical (unpaired) electrons. The summed E-state index contributed by atoms with van der Waals surface area (Å²) in [4.78, 5) is 16.0. The monoisotopic (exact) mass is 270 g/mol. The predicted molar refractivity (Wildman–Crippen MR) is 76.9 cm³/mol. The summed E-state index contributed by atoms with van der Waals surface area (Å²) in [6.07, 6.45) is 2.03. The molecule has 1 amide bonds. The molecule has 0 atom stereocenters. The zero-order chi connectivity index (χ0) is 14.4. The first kappa shape index (κ1) is 14.2. The Morgan fingerprint density at radius 2 is 1.95 bits per heavy atom. The van der Waals surface area contributed by atoms with Gasteiger partial charge in [0.25, 0.3) is 0 Å². The summed E-state index contributed by atoms with van der Waals surface area (Å²) in [7, 11) is 0. The third-order valence-corrected chi connectivity index (χ3v) is 3.10. The molecule has 0 aliphatic rings. The fourth-order valence-electron chi connectivity index (χ4n) is 1.93. The fraction of sp³-hybridized carbons (Fsp3) is 0.250. The van der Waals surface area contributed by atoms with Crippen LogP contribution >= 0.6 is 0 Å². The molecule has 0 spiro atoms. The molecule has 2 aromatic rings. The van der Waals surface area contributed by atoms with E-state index < -0.39 is 0 Å². The highest BCUT2D eigenvalue weighted by molar-refractivity contribution is 5.78. The minimum Gasteiger partial charge on any atom is -0.392 e. The largest absolute Gasteiger partial charge is 0.392 e. The Morgan fingerprint density at radius 1 is 1.20 bits per heavy atom. The maximum atomic E-state index is 11.9. The van der Waals surface area contributed by atoms with Crippen molar-refractivity contribution in [3.8, 4) is 0 Å². The SMILES string of the molecule is Cc1ccc(CC(=O)NCc2ccccc2CO)cn1. The molecule has 4 nitrogen and oxygen atoms in total. The first-order valence-corrected chi connectivity index (χ1v) is 6.55. The van der Waals surface area contributed by atoms with E-state index in [-0.39, 0.29) is 12.5 Å². The van der Waals surface area contributed by atoms with Crippen molar-refractivity contribution in [2.45, 2.75) is 26.5 Å². The zero-order valence-corrected chi connectivity index (χ0v) is 11.5. The number of aryl methyl sites for hydroxylation is 1. The van der Waals surface area contributed by atoms with Crippen LogP contribution in [0.3, 0.4) is 0 Å². The van der Waals surface area contributed by atoms with Gasteiger partial charge in [0.15, 0.2) is 0 Å². The minimum atomic E-state index is -0.0524. The van der Waals surface area contributed by atoms with Crippen molar-refractivity contribution < 1.29 is 9.90 Å². The highest BCUT2D eigenvalue weighted by Gasteiger charge is 2.05. The summed E-state index contributed by atoms with van der Waals surface area (Å²) in [6, 6.07) is 11.3. The predicted octanol–water partition coefficient (Wildman–Crippen LogP) is 1.74. The van der Waals surface area contributed by atoms with E-state index in [2.05, 4.69) is 10.3 Å². The molecule has 0 unspecified atom stereocenters. The lowest BCUT2D eigenvalue weighted by Crippen LogP contribution is -2.25. The minimum absolute atomic E-state index is 0.0199. The lowest BCUT2D eigenvalue weighted by atomic mass is 10.1. The molecule has 1 aromatic carbocycles. The number of rotatable bonds is 5. The van der Waals surface area contributed by atoms with Crippen molar-refractivity contribution in [3.05, 3.63) is 65.0 Å². The number of pyridine rings is 1. The van der Waals surface area contributed by atoms with Gasteiger partial charge in [-0.1, -0.05) is 30.3 Å². The van der Waals surface area contributed by atoms with E-state index in [1.165, 1.54) is 0 Å². The average molecular weight is 270 g/mol. The lowest BCUT2D eigenvalue weighted by molar-refractivity contribution is -0.120. The Bertz CT molecular complexity index is 579. The molecule has 1 heterocycles. The number of aliphatic hydroxyl groups excluding tert-OH is 1. The first-order chi connectivity index (χ1) is 9.69. The maximum absolute atomic E-state index is 11.9. The number of nitrogens with one attached hydrogen (secondary N) is 1. The van der Waals surface area contributed by atoms with Gasteiger partial charge in [-0.2, -0.15) is 0 Å². The van der Waals surface area contributed by atoms with E-state index in [0.29, 0.717) is 13.0 Å². The summed E-state index contributed by atoms with van der Waals surface area (Å²) < 4.78 is 0. The number of benzene rings is 1. The van der Waals surface area contributed by atoms with Gasteiger partial charge in [0, 0.05) is 18.4 Å². The van der Waals surface area contributed by atoms with Crippen molar-refractivity contribution >= 4 is 5.91 Å². The number of carbonyl (C=O) groups excluding carboxylic acids is 1. The maximum Gasteiger partial charge on any atom is 0.224 e. The van der Waals surface area contributed by atoms with Crippen molar-refractivity contribution in [2.24, 2.45) is 0 Å². The molecule has 0 aliphatic carbocycles. The van der Waals surface area contributed by atoms with Crippen LogP contribution in [-0.4, -0.2) is 16.0 Å². The summed E-state index contributed by atoms with van der Waals surface area (Å²) >= 11 is 0. The second-order valence-electron chi connectivity index (χ2n) is 4.69. The zero-order valence-electron chi connectivity index (χ0n) is 11.5. The molecule has 2 N–H and O–H groups in total. The standard InChI is InChI=1S/C16H18N2O2/c1-12-6-7-13(9-17-12)8-16(20)18-10-14-4-2-3-5-15(14)11-19/h2-7,9,19H,8,10-11H2,1H3,(H,18,20). The number of aromatic nitrogens is 1. The van der Waals surface area contributed by atoms with E-state index >= 15 is 0 Å². The van der Waals surface area contributed by atoms with Gasteiger partial charge in [-0.15, -0.1) is 0 Å². The number of carbonyl (C=O) groups is 1. The lowest BCUT2D eigenvalue weighted by Gasteiger charge is -2.09. The van der Waals surface area contributed by atoms with Crippen LogP contribution in [-0.2, 0) is 24.4 Å². The molecule has 4 heteroatoms. The molecule has 1 aromatic heterocycles. The Balaban J connectivity index is 1.90. The highest BCUT2D eigenvalue weighted by atomic mass is 16.3. The number of nitrogens with zero attached hydrogens (tertiary/aromatic N) is 1. The number of hydrogen-bond donors (Lipinski definition) is 2. The van der Waals surface area contributed by atoms with Crippen LogP contribution in [0.25, 0.3) is 0 Å². The van der Waals surface area contributed by atoms with E-state index in [9.17, 15) is 9.90 Å². The molecule has 0 bridgehead atoms. The van der Waals surface area contributed by atoms with Gasteiger partial charge >= 0.3 is 0 Å². The smallest absolute Gasteiger partial charge is 0.224 e. The van der Waals surface area contributed by atoms with E-state index in [1.807, 2.05) is 43.3 Å². The Labute approximate surface area is 118 Å². The summed E-state index contributed by atoms with van der Waals surface area (Å²) in [5.41, 5.74) is 3.60. The van der Waals surface area contributed by atoms with Gasteiger partial charge in [0.05, 0.1) is 13.0 Å². The normalized spacial score (nSPS) is 10.3. The summed E-state index contributed by atoms with van der Waals surface area (Å²) in [5.74, 6) is -0.0524. The Hall–Kier alpha value is -2.20. The van der Waals surface area contributed by atoms with Crippen LogP contribution in [0, 0.1) is 6.92 Å². The van der Waals surface area contributed by atoms with Gasteiger partial charge in [-0.05, 0) is 29.7 Å². The molecule has 0 saturated carbocycles. The third kappa shape index (κ3) is 3.90. The molecular formula is C16H18N2O2. The van der Waals surface area contributed by atoms with E-state index in [4.69, 9.17) is 0 Å². The topological polar surface area (TPSA) is 62.2 Å². The van der Waals surface area contributed by atoms with Gasteiger partial charge in [-0.3, -0.25) is 9.78 Å². The number of hydrogen-bond acceptors (Lipinski definition) is 3. The fourth-order valence-corrected chi connectivity index (χ4v) is 1.93. The van der Waals surface area contributed by atoms with Gasteiger partial charge in [0.2, 0.25) is 5.91 Å². The van der Waals surface area contributed by atoms with Crippen molar-refractivity contribution in [1.29, 1.82) is 0 Å². The first-order valence-electron chi connectivity index (χ1n) is 6.55.